The van der Waals surface area contributed by atoms with Crippen LogP contribution in [-0.4, -0.2) is 26.3 Å². The van der Waals surface area contributed by atoms with Crippen LogP contribution in [0.15, 0.2) is 12.3 Å². The van der Waals surface area contributed by atoms with Crippen molar-refractivity contribution in [1.29, 1.82) is 0 Å². The van der Waals surface area contributed by atoms with Gasteiger partial charge in [-0.3, -0.25) is 4.68 Å². The molecule has 0 radical (unpaired) electrons. The molecule has 0 atom stereocenters. The fourth-order valence-electron chi connectivity index (χ4n) is 2.32. The summed E-state index contributed by atoms with van der Waals surface area (Å²) in [6.45, 7) is 3.80. The first-order chi connectivity index (χ1) is 8.25. The number of hydrogen-bond acceptors (Lipinski definition) is 4. The molecule has 17 heavy (non-hydrogen) atoms. The molecule has 1 aliphatic heterocycles. The molecule has 1 N–H and O–H groups in total. The second-order valence-electron chi connectivity index (χ2n) is 4.31. The molecule has 2 aromatic rings. The van der Waals surface area contributed by atoms with Crippen molar-refractivity contribution >= 4 is 0 Å². The van der Waals surface area contributed by atoms with Gasteiger partial charge in [-0.2, -0.15) is 5.10 Å². The van der Waals surface area contributed by atoms with Crippen LogP contribution < -0.4 is 5.32 Å². The third-order valence-corrected chi connectivity index (χ3v) is 3.13. The minimum Gasteiger partial charge on any atom is -0.312 e. The topological polar surface area (TPSA) is 55.6 Å². The summed E-state index contributed by atoms with van der Waals surface area (Å²) in [4.78, 5) is 8.57. The minimum absolute atomic E-state index is 0.783. The molecule has 2 aromatic heterocycles. The number of hydrogen-bond donors (Lipinski definition) is 1. The average Bonchev–Trinajstić information content (AvgIpc) is 2.68. The van der Waals surface area contributed by atoms with Crippen molar-refractivity contribution in [1.82, 2.24) is 25.1 Å². The van der Waals surface area contributed by atoms with Crippen molar-refractivity contribution < 1.29 is 0 Å². The number of nitrogens with one attached hydrogen (secondary N) is 1. The molecule has 0 fully saturated rings. The summed E-state index contributed by atoms with van der Waals surface area (Å²) < 4.78 is 1.98. The normalized spacial score (nSPS) is 14.7. The number of aryl methyl sites for hydroxylation is 2. The number of nitrogens with zero attached hydrogens (tertiary/aromatic N) is 4. The maximum Gasteiger partial charge on any atom is 0.125 e. The van der Waals surface area contributed by atoms with Gasteiger partial charge in [-0.25, -0.2) is 9.97 Å². The monoisotopic (exact) mass is 229 g/mol. The third-order valence-electron chi connectivity index (χ3n) is 3.13. The molecule has 5 nitrogen and oxygen atoms in total. The van der Waals surface area contributed by atoms with E-state index in [2.05, 4.69) is 20.4 Å². The fraction of sp³-hybridized carbons (Fsp3) is 0.417. The summed E-state index contributed by atoms with van der Waals surface area (Å²) >= 11 is 0. The Morgan fingerprint density at radius 2 is 2.29 bits per heavy atom. The van der Waals surface area contributed by atoms with E-state index in [9.17, 15) is 0 Å². The van der Waals surface area contributed by atoms with Gasteiger partial charge in [0.05, 0.1) is 5.69 Å². The van der Waals surface area contributed by atoms with Gasteiger partial charge in [0.2, 0.25) is 0 Å². The van der Waals surface area contributed by atoms with Crippen LogP contribution in [0, 0.1) is 6.92 Å². The molecule has 0 spiro atoms. The molecular weight excluding hydrogens is 214 g/mol. The first-order valence-corrected chi connectivity index (χ1v) is 5.81. The zero-order valence-electron chi connectivity index (χ0n) is 10.1. The Kier molecular flexibility index (Phi) is 2.40. The van der Waals surface area contributed by atoms with Gasteiger partial charge in [0, 0.05) is 44.0 Å². The van der Waals surface area contributed by atoms with Crippen LogP contribution in [0.4, 0.5) is 0 Å². The Morgan fingerprint density at radius 1 is 1.41 bits per heavy atom. The molecule has 1 aliphatic rings. The van der Waals surface area contributed by atoms with E-state index in [4.69, 9.17) is 0 Å². The van der Waals surface area contributed by atoms with Crippen LogP contribution in [0.2, 0.25) is 0 Å². The molecule has 3 heterocycles. The number of rotatable bonds is 1. The molecule has 0 saturated carbocycles. The maximum absolute atomic E-state index is 4.59. The van der Waals surface area contributed by atoms with Crippen LogP contribution in [-0.2, 0) is 20.0 Å². The molecule has 0 bridgehead atoms. The van der Waals surface area contributed by atoms with Gasteiger partial charge in [-0.05, 0) is 13.0 Å². The van der Waals surface area contributed by atoms with Crippen molar-refractivity contribution in [3.8, 4) is 11.4 Å². The van der Waals surface area contributed by atoms with Crippen LogP contribution in [0.5, 0.6) is 0 Å². The van der Waals surface area contributed by atoms with Gasteiger partial charge in [0.1, 0.15) is 11.5 Å². The highest BCUT2D eigenvalue weighted by atomic mass is 15.3. The Balaban J connectivity index is 2.15. The first-order valence-electron chi connectivity index (χ1n) is 5.81. The van der Waals surface area contributed by atoms with Gasteiger partial charge < -0.3 is 5.32 Å². The van der Waals surface area contributed by atoms with Gasteiger partial charge in [0.15, 0.2) is 0 Å². The van der Waals surface area contributed by atoms with Crippen molar-refractivity contribution in [2.45, 2.75) is 19.9 Å². The molecule has 0 amide bonds. The van der Waals surface area contributed by atoms with Crippen LogP contribution in [0.25, 0.3) is 11.4 Å². The summed E-state index contributed by atoms with van der Waals surface area (Å²) in [7, 11) is 2.00. The van der Waals surface area contributed by atoms with E-state index in [1.165, 1.54) is 11.3 Å². The summed E-state index contributed by atoms with van der Waals surface area (Å²) in [5.74, 6) is 0.783. The predicted octanol–water partition coefficient (Wildman–Crippen LogP) is 0.831. The molecular formula is C12H15N5. The second-order valence-corrected chi connectivity index (χ2v) is 4.31. The zero-order chi connectivity index (χ0) is 11.8. The maximum atomic E-state index is 4.59. The lowest BCUT2D eigenvalue weighted by Crippen LogP contribution is -2.24. The molecule has 3 rings (SSSR count). The quantitative estimate of drug-likeness (QED) is 0.787. The molecule has 0 saturated heterocycles. The summed E-state index contributed by atoms with van der Waals surface area (Å²) in [5.41, 5.74) is 4.49. The van der Waals surface area contributed by atoms with Crippen molar-refractivity contribution in [3.63, 3.8) is 0 Å². The molecule has 0 aromatic carbocycles. The lowest BCUT2D eigenvalue weighted by Gasteiger charge is -2.14. The van der Waals surface area contributed by atoms with Crippen molar-refractivity contribution in [2.24, 2.45) is 7.05 Å². The van der Waals surface area contributed by atoms with Gasteiger partial charge in [-0.15, -0.1) is 0 Å². The Morgan fingerprint density at radius 3 is 3.12 bits per heavy atom. The van der Waals surface area contributed by atoms with Gasteiger partial charge in [-0.1, -0.05) is 0 Å². The Labute approximate surface area is 99.9 Å². The minimum atomic E-state index is 0.783. The smallest absolute Gasteiger partial charge is 0.125 e. The van der Waals surface area contributed by atoms with E-state index in [0.29, 0.717) is 0 Å². The zero-order valence-corrected chi connectivity index (χ0v) is 10.1. The molecule has 88 valence electrons. The van der Waals surface area contributed by atoms with Crippen molar-refractivity contribution in [2.75, 3.05) is 6.54 Å². The van der Waals surface area contributed by atoms with E-state index in [1.54, 1.807) is 6.20 Å². The summed E-state index contributed by atoms with van der Waals surface area (Å²) in [6, 6.07) is 1.92. The number of fused-ring (bicyclic) bond motifs is 1. The highest BCUT2D eigenvalue weighted by molar-refractivity contribution is 5.60. The summed E-state index contributed by atoms with van der Waals surface area (Å²) in [5, 5.41) is 7.97. The van der Waals surface area contributed by atoms with Crippen LogP contribution in [0.1, 0.15) is 17.1 Å². The Hall–Kier alpha value is -1.75. The van der Waals surface area contributed by atoms with E-state index >= 15 is 0 Å². The fourth-order valence-corrected chi connectivity index (χ4v) is 2.32. The van der Waals surface area contributed by atoms with Gasteiger partial charge in [0.25, 0.3) is 0 Å². The van der Waals surface area contributed by atoms with E-state index in [-0.39, 0.29) is 0 Å². The number of aromatic nitrogens is 4. The molecule has 0 unspecified atom stereocenters. The van der Waals surface area contributed by atoms with Crippen molar-refractivity contribution in [3.05, 3.63) is 29.3 Å². The van der Waals surface area contributed by atoms with Gasteiger partial charge >= 0.3 is 0 Å². The third kappa shape index (κ3) is 1.72. The van der Waals surface area contributed by atoms with E-state index in [1.807, 2.05) is 24.7 Å². The highest BCUT2D eigenvalue weighted by Crippen LogP contribution is 2.25. The highest BCUT2D eigenvalue weighted by Gasteiger charge is 2.20. The summed E-state index contributed by atoms with van der Waals surface area (Å²) in [6.07, 6.45) is 2.82. The standard InChI is InChI=1S/C12H15N5/c1-8-14-6-3-10(15-8)12-9-7-13-5-4-11(9)17(2)16-12/h3,6,13H,4-5,7H2,1-2H3. The van der Waals surface area contributed by atoms with Crippen LogP contribution >= 0.6 is 0 Å². The Bertz CT molecular complexity index is 558. The molecule has 0 aliphatic carbocycles. The average molecular weight is 229 g/mol. The van der Waals surface area contributed by atoms with E-state index in [0.717, 1.165) is 36.7 Å². The van der Waals surface area contributed by atoms with E-state index < -0.39 is 0 Å². The lowest BCUT2D eigenvalue weighted by molar-refractivity contribution is 0.604. The largest absolute Gasteiger partial charge is 0.312 e. The first kappa shape index (κ1) is 10.4. The second kappa shape index (κ2) is 3.92. The molecule has 5 heteroatoms. The SMILES string of the molecule is Cc1nccc(-c2nn(C)c3c2CNCC3)n1. The lowest BCUT2D eigenvalue weighted by atomic mass is 10.1. The van der Waals surface area contributed by atoms with Crippen LogP contribution in [0.3, 0.4) is 0 Å². The predicted molar refractivity (Wildman–Crippen MR) is 64.4 cm³/mol.